The second-order valence-electron chi connectivity index (χ2n) is 8.37. The number of nitrogens with zero attached hydrogens (tertiary/aromatic N) is 2. The summed E-state index contributed by atoms with van der Waals surface area (Å²) in [4.78, 5) is 35.7. The number of likely N-dealkylation sites (tertiary alicyclic amines) is 1. The van der Waals surface area contributed by atoms with Crippen LogP contribution in [-0.2, 0) is 20.9 Å². The number of carboxylic acid groups (broad SMARTS) is 2. The fourth-order valence-electron chi connectivity index (χ4n) is 3.72. The number of carboxylic acids is 2. The Kier molecular flexibility index (Phi) is 9.30. The summed E-state index contributed by atoms with van der Waals surface area (Å²) < 4.78 is 0. The van der Waals surface area contributed by atoms with Gasteiger partial charge in [0, 0.05) is 25.6 Å². The van der Waals surface area contributed by atoms with Gasteiger partial charge in [-0.15, -0.1) is 0 Å². The third-order valence-electron chi connectivity index (χ3n) is 5.63. The van der Waals surface area contributed by atoms with E-state index in [1.165, 1.54) is 24.0 Å². The highest BCUT2D eigenvalue weighted by Crippen LogP contribution is 2.31. The van der Waals surface area contributed by atoms with Crippen molar-refractivity contribution in [2.45, 2.75) is 52.5 Å². The molecule has 7 heteroatoms. The Hall–Kier alpha value is -2.41. The van der Waals surface area contributed by atoms with E-state index in [9.17, 15) is 4.79 Å². The molecule has 2 aliphatic rings. The van der Waals surface area contributed by atoms with Gasteiger partial charge in [0.15, 0.2) is 0 Å². The second-order valence-corrected chi connectivity index (χ2v) is 8.37. The van der Waals surface area contributed by atoms with Crippen LogP contribution in [0.15, 0.2) is 24.3 Å². The number of hydrogen-bond donors (Lipinski definition) is 2. The predicted molar refractivity (Wildman–Crippen MR) is 114 cm³/mol. The molecule has 1 saturated heterocycles. The molecule has 7 nitrogen and oxygen atoms in total. The van der Waals surface area contributed by atoms with Crippen LogP contribution in [0.25, 0.3) is 0 Å². The minimum atomic E-state index is -1.82. The predicted octanol–water partition coefficient (Wildman–Crippen LogP) is 3.01. The zero-order chi connectivity index (χ0) is 22.1. The van der Waals surface area contributed by atoms with E-state index < -0.39 is 11.9 Å². The molecule has 30 heavy (non-hydrogen) atoms. The molecule has 0 bridgehead atoms. The molecule has 1 aliphatic carbocycles. The van der Waals surface area contributed by atoms with Crippen LogP contribution in [0.2, 0.25) is 0 Å². The second kappa shape index (κ2) is 11.7. The maximum absolute atomic E-state index is 12.9. The molecular formula is C23H34N2O5. The summed E-state index contributed by atoms with van der Waals surface area (Å²) >= 11 is 0. The summed E-state index contributed by atoms with van der Waals surface area (Å²) in [6.07, 6.45) is 5.76. The molecule has 166 valence electrons. The first kappa shape index (κ1) is 23.9. The minimum absolute atomic E-state index is 0.254. The maximum atomic E-state index is 12.9. The number of carbonyl (C=O) groups is 3. The average Bonchev–Trinajstić information content (AvgIpc) is 3.54. The van der Waals surface area contributed by atoms with Gasteiger partial charge >= 0.3 is 11.9 Å². The van der Waals surface area contributed by atoms with E-state index in [-0.39, 0.29) is 5.92 Å². The molecule has 2 fully saturated rings. The van der Waals surface area contributed by atoms with Crippen LogP contribution in [0.3, 0.4) is 0 Å². The van der Waals surface area contributed by atoms with Crippen molar-refractivity contribution in [1.82, 2.24) is 9.80 Å². The molecule has 1 heterocycles. The van der Waals surface area contributed by atoms with Gasteiger partial charge in [-0.25, -0.2) is 9.59 Å². The number of benzene rings is 1. The SMILES string of the molecule is CCCN(CC1CC1)C(=O)C1CCN(Cc2ccc(C)cc2)CC1.O=C(O)C(=O)O. The monoisotopic (exact) mass is 418 g/mol. The Labute approximate surface area is 178 Å². The summed E-state index contributed by atoms with van der Waals surface area (Å²) in [5.41, 5.74) is 2.70. The molecule has 1 aromatic carbocycles. The van der Waals surface area contributed by atoms with Crippen molar-refractivity contribution in [3.8, 4) is 0 Å². The summed E-state index contributed by atoms with van der Waals surface area (Å²) in [5, 5.41) is 14.8. The Bertz CT molecular complexity index is 695. The minimum Gasteiger partial charge on any atom is -0.473 e. The number of hydrogen-bond acceptors (Lipinski definition) is 4. The number of piperidine rings is 1. The molecule has 0 radical (unpaired) electrons. The third-order valence-corrected chi connectivity index (χ3v) is 5.63. The summed E-state index contributed by atoms with van der Waals surface area (Å²) in [6.45, 7) is 9.38. The van der Waals surface area contributed by atoms with Crippen molar-refractivity contribution in [2.75, 3.05) is 26.2 Å². The standard InChI is InChI=1S/C21H32N2O.C2H2O4/c1-3-12-23(16-19-8-9-19)21(24)20-10-13-22(14-11-20)15-18-6-4-17(2)5-7-18;3-1(4)2(5)6/h4-7,19-20H,3,8-16H2,1-2H3;(H,3,4)(H,5,6). The van der Waals surface area contributed by atoms with E-state index in [2.05, 4.69) is 47.9 Å². The van der Waals surface area contributed by atoms with Crippen molar-refractivity contribution in [1.29, 1.82) is 0 Å². The summed E-state index contributed by atoms with van der Waals surface area (Å²) in [6, 6.07) is 8.83. The molecule has 0 atom stereocenters. The number of aryl methyl sites for hydroxylation is 1. The van der Waals surface area contributed by atoms with Gasteiger partial charge < -0.3 is 15.1 Å². The summed E-state index contributed by atoms with van der Waals surface area (Å²) in [7, 11) is 0. The van der Waals surface area contributed by atoms with E-state index in [0.29, 0.717) is 5.91 Å². The van der Waals surface area contributed by atoms with Gasteiger partial charge in [-0.3, -0.25) is 9.69 Å². The fourth-order valence-corrected chi connectivity index (χ4v) is 3.72. The lowest BCUT2D eigenvalue weighted by Crippen LogP contribution is -2.43. The Balaban J connectivity index is 0.000000469. The molecule has 0 aromatic heterocycles. The quantitative estimate of drug-likeness (QED) is 0.661. The molecular weight excluding hydrogens is 384 g/mol. The lowest BCUT2D eigenvalue weighted by atomic mass is 9.94. The highest BCUT2D eigenvalue weighted by atomic mass is 16.4. The molecule has 2 N–H and O–H groups in total. The Morgan fingerprint density at radius 3 is 2.03 bits per heavy atom. The molecule has 0 spiro atoms. The van der Waals surface area contributed by atoms with Crippen LogP contribution >= 0.6 is 0 Å². The van der Waals surface area contributed by atoms with Crippen molar-refractivity contribution < 1.29 is 24.6 Å². The van der Waals surface area contributed by atoms with Crippen LogP contribution in [0.5, 0.6) is 0 Å². The van der Waals surface area contributed by atoms with Crippen LogP contribution in [0.4, 0.5) is 0 Å². The zero-order valence-corrected chi connectivity index (χ0v) is 18.0. The lowest BCUT2D eigenvalue weighted by molar-refractivity contribution is -0.159. The first-order valence-corrected chi connectivity index (χ1v) is 10.8. The van der Waals surface area contributed by atoms with E-state index in [0.717, 1.165) is 57.9 Å². The summed E-state index contributed by atoms with van der Waals surface area (Å²) in [5.74, 6) is -2.17. The van der Waals surface area contributed by atoms with Crippen LogP contribution in [0, 0.1) is 18.8 Å². The van der Waals surface area contributed by atoms with Gasteiger partial charge in [0.25, 0.3) is 0 Å². The van der Waals surface area contributed by atoms with E-state index in [1.807, 2.05) is 0 Å². The first-order chi connectivity index (χ1) is 14.3. The van der Waals surface area contributed by atoms with Crippen molar-refractivity contribution in [3.63, 3.8) is 0 Å². The highest BCUT2D eigenvalue weighted by Gasteiger charge is 2.31. The van der Waals surface area contributed by atoms with E-state index in [4.69, 9.17) is 19.8 Å². The van der Waals surface area contributed by atoms with Crippen LogP contribution in [0.1, 0.15) is 50.2 Å². The highest BCUT2D eigenvalue weighted by molar-refractivity contribution is 6.27. The molecule has 0 unspecified atom stereocenters. The average molecular weight is 419 g/mol. The van der Waals surface area contributed by atoms with Crippen molar-refractivity contribution >= 4 is 17.8 Å². The molecule has 1 aliphatic heterocycles. The third kappa shape index (κ3) is 8.14. The topological polar surface area (TPSA) is 98.2 Å². The van der Waals surface area contributed by atoms with Crippen molar-refractivity contribution in [3.05, 3.63) is 35.4 Å². The van der Waals surface area contributed by atoms with Crippen molar-refractivity contribution in [2.24, 2.45) is 11.8 Å². The van der Waals surface area contributed by atoms with E-state index >= 15 is 0 Å². The molecule has 1 amide bonds. The van der Waals surface area contributed by atoms with Gasteiger partial charge in [0.05, 0.1) is 0 Å². The molecule has 1 aromatic rings. The van der Waals surface area contributed by atoms with Gasteiger partial charge in [-0.1, -0.05) is 36.8 Å². The van der Waals surface area contributed by atoms with E-state index in [1.54, 1.807) is 0 Å². The van der Waals surface area contributed by atoms with Gasteiger partial charge in [-0.2, -0.15) is 0 Å². The van der Waals surface area contributed by atoms with Gasteiger partial charge in [0.2, 0.25) is 5.91 Å². The van der Waals surface area contributed by atoms with Gasteiger partial charge in [-0.05, 0) is 63.6 Å². The van der Waals surface area contributed by atoms with Gasteiger partial charge in [0.1, 0.15) is 0 Å². The lowest BCUT2D eigenvalue weighted by Gasteiger charge is -2.34. The zero-order valence-electron chi connectivity index (χ0n) is 18.0. The van der Waals surface area contributed by atoms with Crippen LogP contribution in [-0.4, -0.2) is 64.0 Å². The molecule has 3 rings (SSSR count). The molecule has 1 saturated carbocycles. The Morgan fingerprint density at radius 1 is 1.00 bits per heavy atom. The first-order valence-electron chi connectivity index (χ1n) is 10.8. The largest absolute Gasteiger partial charge is 0.473 e. The van der Waals surface area contributed by atoms with Crippen LogP contribution < -0.4 is 0 Å². The maximum Gasteiger partial charge on any atom is 0.414 e. The number of carbonyl (C=O) groups excluding carboxylic acids is 1. The fraction of sp³-hybridized carbons (Fsp3) is 0.609. The smallest absolute Gasteiger partial charge is 0.414 e. The Morgan fingerprint density at radius 2 is 1.57 bits per heavy atom. The number of aliphatic carboxylic acids is 2. The normalized spacial score (nSPS) is 17.0. The number of rotatable bonds is 7. The number of amides is 1.